The molecule has 1 rings (SSSR count). The molecule has 1 aromatic carbocycles. The lowest BCUT2D eigenvalue weighted by Crippen LogP contribution is -2.35. The van der Waals surface area contributed by atoms with E-state index in [1.807, 2.05) is 43.0 Å². The van der Waals surface area contributed by atoms with E-state index >= 15 is 0 Å². The Morgan fingerprint density at radius 3 is 2.42 bits per heavy atom. The number of ether oxygens (including phenoxy) is 1. The molecule has 106 valence electrons. The van der Waals surface area contributed by atoms with Crippen molar-refractivity contribution in [1.29, 1.82) is 0 Å². The second-order valence-corrected chi connectivity index (χ2v) is 4.88. The summed E-state index contributed by atoms with van der Waals surface area (Å²) in [6.45, 7) is 7.49. The number of carboxylic acids is 1. The molecule has 0 aliphatic carbocycles. The summed E-state index contributed by atoms with van der Waals surface area (Å²) in [5.74, 6) is 0.0662. The van der Waals surface area contributed by atoms with E-state index in [1.54, 1.807) is 0 Å². The Morgan fingerprint density at radius 1 is 1.32 bits per heavy atom. The minimum atomic E-state index is -0.795. The van der Waals surface area contributed by atoms with Crippen LogP contribution in [0.15, 0.2) is 24.3 Å². The second-order valence-electron chi connectivity index (χ2n) is 4.88. The number of hydrogen-bond donors (Lipinski definition) is 1. The van der Waals surface area contributed by atoms with Gasteiger partial charge in [-0.2, -0.15) is 0 Å². The summed E-state index contributed by atoms with van der Waals surface area (Å²) in [6, 6.07) is 8.05. The first-order valence-electron chi connectivity index (χ1n) is 6.70. The summed E-state index contributed by atoms with van der Waals surface area (Å²) in [4.78, 5) is 12.7. The third kappa shape index (κ3) is 5.75. The van der Waals surface area contributed by atoms with Gasteiger partial charge in [-0.25, -0.2) is 0 Å². The molecule has 0 aliphatic heterocycles. The molecule has 0 spiro atoms. The van der Waals surface area contributed by atoms with Crippen LogP contribution in [0.25, 0.3) is 0 Å². The van der Waals surface area contributed by atoms with Gasteiger partial charge in [0.15, 0.2) is 0 Å². The van der Waals surface area contributed by atoms with Gasteiger partial charge in [0.1, 0.15) is 5.75 Å². The maximum atomic E-state index is 10.8. The fourth-order valence-electron chi connectivity index (χ4n) is 1.74. The molecule has 19 heavy (non-hydrogen) atoms. The highest BCUT2D eigenvalue weighted by Gasteiger charge is 2.13. The summed E-state index contributed by atoms with van der Waals surface area (Å²) in [5.41, 5.74) is 1.10. The number of benzene rings is 1. The molecule has 0 aliphatic rings. The quantitative estimate of drug-likeness (QED) is 0.785. The van der Waals surface area contributed by atoms with Crippen LogP contribution in [0.2, 0.25) is 0 Å². The highest BCUT2D eigenvalue weighted by molar-refractivity contribution is 5.69. The molecule has 0 heterocycles. The van der Waals surface area contributed by atoms with Gasteiger partial charge >= 0.3 is 5.97 Å². The van der Waals surface area contributed by atoms with Crippen LogP contribution in [0.1, 0.15) is 32.8 Å². The third-order valence-electron chi connectivity index (χ3n) is 2.85. The largest absolute Gasteiger partial charge is 0.494 e. The van der Waals surface area contributed by atoms with Crippen molar-refractivity contribution in [2.24, 2.45) is 0 Å². The van der Waals surface area contributed by atoms with Crippen molar-refractivity contribution in [2.75, 3.05) is 13.2 Å². The van der Waals surface area contributed by atoms with E-state index in [9.17, 15) is 4.79 Å². The first-order chi connectivity index (χ1) is 9.02. The number of carbonyl (C=O) groups is 1. The van der Waals surface area contributed by atoms with Crippen molar-refractivity contribution in [3.05, 3.63) is 29.8 Å². The molecule has 0 saturated heterocycles. The summed E-state index contributed by atoms with van der Waals surface area (Å²) >= 11 is 0. The Kier molecular flexibility index (Phi) is 6.36. The van der Waals surface area contributed by atoms with Gasteiger partial charge in [0, 0.05) is 12.6 Å². The number of hydrogen-bond acceptors (Lipinski definition) is 3. The van der Waals surface area contributed by atoms with Crippen molar-refractivity contribution in [2.45, 2.75) is 39.8 Å². The molecule has 4 heteroatoms. The van der Waals surface area contributed by atoms with Crippen molar-refractivity contribution in [1.82, 2.24) is 4.90 Å². The monoisotopic (exact) mass is 265 g/mol. The zero-order valence-electron chi connectivity index (χ0n) is 11.9. The fraction of sp³-hybridized carbons (Fsp3) is 0.533. The van der Waals surface area contributed by atoms with Crippen molar-refractivity contribution >= 4 is 5.97 Å². The average molecular weight is 265 g/mol. The number of aliphatic carboxylic acids is 1. The topological polar surface area (TPSA) is 49.8 Å². The summed E-state index contributed by atoms with van der Waals surface area (Å²) in [7, 11) is 0. The van der Waals surface area contributed by atoms with E-state index < -0.39 is 5.97 Å². The van der Waals surface area contributed by atoms with Gasteiger partial charge in [0.2, 0.25) is 0 Å². The standard InChI is InChI=1S/C15H23NO3/c1-4-9-19-14-7-5-13(6-8-14)10-16(12(2)3)11-15(17)18/h5-8,12H,4,9-11H2,1-3H3,(H,17,18). The second kappa shape index (κ2) is 7.79. The number of carboxylic acid groups (broad SMARTS) is 1. The summed E-state index contributed by atoms with van der Waals surface area (Å²) in [6.07, 6.45) is 0.988. The lowest BCUT2D eigenvalue weighted by molar-refractivity contribution is -0.138. The van der Waals surface area contributed by atoms with Gasteiger partial charge in [-0.1, -0.05) is 19.1 Å². The molecule has 1 N–H and O–H groups in total. The fourth-order valence-corrected chi connectivity index (χ4v) is 1.74. The van der Waals surface area contributed by atoms with Crippen LogP contribution < -0.4 is 4.74 Å². The highest BCUT2D eigenvalue weighted by Crippen LogP contribution is 2.15. The van der Waals surface area contributed by atoms with Crippen LogP contribution in [0.5, 0.6) is 5.75 Å². The van der Waals surface area contributed by atoms with E-state index in [0.29, 0.717) is 6.54 Å². The third-order valence-corrected chi connectivity index (χ3v) is 2.85. The van der Waals surface area contributed by atoms with Crippen molar-refractivity contribution in [3.8, 4) is 5.75 Å². The molecular formula is C15H23NO3. The van der Waals surface area contributed by atoms with Crippen LogP contribution in [-0.2, 0) is 11.3 Å². The zero-order chi connectivity index (χ0) is 14.3. The van der Waals surface area contributed by atoms with E-state index in [0.717, 1.165) is 24.3 Å². The van der Waals surface area contributed by atoms with Gasteiger partial charge in [0.25, 0.3) is 0 Å². The molecule has 0 fully saturated rings. The first-order valence-corrected chi connectivity index (χ1v) is 6.70. The molecule has 0 amide bonds. The molecule has 4 nitrogen and oxygen atoms in total. The lowest BCUT2D eigenvalue weighted by Gasteiger charge is -2.24. The zero-order valence-corrected chi connectivity index (χ0v) is 11.9. The molecule has 0 saturated carbocycles. The van der Waals surface area contributed by atoms with E-state index in [2.05, 4.69) is 6.92 Å². The van der Waals surface area contributed by atoms with E-state index in [-0.39, 0.29) is 12.6 Å². The van der Waals surface area contributed by atoms with Crippen LogP contribution in [-0.4, -0.2) is 35.2 Å². The maximum Gasteiger partial charge on any atom is 0.317 e. The minimum absolute atomic E-state index is 0.0613. The normalized spacial score (nSPS) is 11.0. The SMILES string of the molecule is CCCOc1ccc(CN(CC(=O)O)C(C)C)cc1. The predicted octanol–water partition coefficient (Wildman–Crippen LogP) is 2.77. The highest BCUT2D eigenvalue weighted by atomic mass is 16.5. The van der Waals surface area contributed by atoms with Crippen LogP contribution in [0.3, 0.4) is 0 Å². The first kappa shape index (κ1) is 15.5. The van der Waals surface area contributed by atoms with Gasteiger partial charge in [-0.15, -0.1) is 0 Å². The summed E-state index contributed by atoms with van der Waals surface area (Å²) in [5, 5.41) is 8.89. The smallest absolute Gasteiger partial charge is 0.317 e. The average Bonchev–Trinajstić information content (AvgIpc) is 2.36. The number of nitrogens with zero attached hydrogens (tertiary/aromatic N) is 1. The van der Waals surface area contributed by atoms with Gasteiger partial charge in [-0.05, 0) is 38.0 Å². The molecule has 1 aromatic rings. The number of rotatable bonds is 8. The predicted molar refractivity (Wildman–Crippen MR) is 75.4 cm³/mol. The Morgan fingerprint density at radius 2 is 1.95 bits per heavy atom. The lowest BCUT2D eigenvalue weighted by atomic mass is 10.2. The molecule has 0 radical (unpaired) electrons. The van der Waals surface area contributed by atoms with Crippen LogP contribution in [0.4, 0.5) is 0 Å². The van der Waals surface area contributed by atoms with Gasteiger partial charge in [0.05, 0.1) is 13.2 Å². The van der Waals surface area contributed by atoms with Gasteiger partial charge < -0.3 is 9.84 Å². The Hall–Kier alpha value is -1.55. The molecule has 0 bridgehead atoms. The van der Waals surface area contributed by atoms with E-state index in [1.165, 1.54) is 0 Å². The Balaban J connectivity index is 2.61. The van der Waals surface area contributed by atoms with Crippen molar-refractivity contribution in [3.63, 3.8) is 0 Å². The van der Waals surface area contributed by atoms with Crippen molar-refractivity contribution < 1.29 is 14.6 Å². The Labute approximate surface area is 115 Å². The van der Waals surface area contributed by atoms with E-state index in [4.69, 9.17) is 9.84 Å². The minimum Gasteiger partial charge on any atom is -0.494 e. The van der Waals surface area contributed by atoms with Crippen LogP contribution >= 0.6 is 0 Å². The maximum absolute atomic E-state index is 10.8. The summed E-state index contributed by atoms with van der Waals surface area (Å²) < 4.78 is 5.52. The Bertz CT molecular complexity index is 387. The molecule has 0 unspecified atom stereocenters. The van der Waals surface area contributed by atoms with Gasteiger partial charge in [-0.3, -0.25) is 9.69 Å². The molecular weight excluding hydrogens is 242 g/mol. The molecule has 0 atom stereocenters. The molecule has 0 aromatic heterocycles. The van der Waals surface area contributed by atoms with Crippen LogP contribution in [0, 0.1) is 0 Å².